The molecule has 1 aliphatic heterocycles. The van der Waals surface area contributed by atoms with E-state index in [-0.39, 0.29) is 12.2 Å². The summed E-state index contributed by atoms with van der Waals surface area (Å²) < 4.78 is 11.1. The third-order valence-corrected chi connectivity index (χ3v) is 4.01. The van der Waals surface area contributed by atoms with Gasteiger partial charge in [0.2, 0.25) is 0 Å². The first-order chi connectivity index (χ1) is 10.1. The summed E-state index contributed by atoms with van der Waals surface area (Å²) in [6.45, 7) is 0. The molecule has 21 heavy (non-hydrogen) atoms. The largest absolute Gasteiger partial charge is 0.497 e. The van der Waals surface area contributed by atoms with E-state index in [9.17, 15) is 4.79 Å². The Labute approximate surface area is 132 Å². The van der Waals surface area contributed by atoms with E-state index in [0.717, 1.165) is 0 Å². The lowest BCUT2D eigenvalue weighted by molar-refractivity contribution is 0.0849. The standard InChI is InChI=1S/C16H12Cl2O3/c1-20-10-3-4-11-14(19)8-16(21-15(11)7-10)12-6-9(17)2-5-13(12)18/h2-7,16H,8H2,1H3. The normalized spacial score (nSPS) is 17.1. The highest BCUT2D eigenvalue weighted by molar-refractivity contribution is 6.33. The summed E-state index contributed by atoms with van der Waals surface area (Å²) in [5.74, 6) is 1.16. The second-order valence-corrected chi connectivity index (χ2v) is 5.61. The number of rotatable bonds is 2. The van der Waals surface area contributed by atoms with E-state index in [4.69, 9.17) is 32.7 Å². The molecule has 0 fully saturated rings. The smallest absolute Gasteiger partial charge is 0.170 e. The van der Waals surface area contributed by atoms with Crippen LogP contribution in [0.1, 0.15) is 28.4 Å². The minimum absolute atomic E-state index is 0.0138. The van der Waals surface area contributed by atoms with Crippen molar-refractivity contribution in [1.29, 1.82) is 0 Å². The molecular formula is C16H12Cl2O3. The molecule has 1 atom stereocenters. The molecule has 1 aliphatic rings. The van der Waals surface area contributed by atoms with Gasteiger partial charge in [-0.25, -0.2) is 0 Å². The van der Waals surface area contributed by atoms with Crippen LogP contribution < -0.4 is 9.47 Å². The van der Waals surface area contributed by atoms with Crippen molar-refractivity contribution in [2.45, 2.75) is 12.5 Å². The van der Waals surface area contributed by atoms with Crippen molar-refractivity contribution in [3.05, 3.63) is 57.6 Å². The van der Waals surface area contributed by atoms with Crippen LogP contribution in [-0.2, 0) is 0 Å². The van der Waals surface area contributed by atoms with Crippen LogP contribution in [0.15, 0.2) is 36.4 Å². The minimum Gasteiger partial charge on any atom is -0.497 e. The topological polar surface area (TPSA) is 35.5 Å². The number of carbonyl (C=O) groups is 1. The van der Waals surface area contributed by atoms with E-state index < -0.39 is 6.10 Å². The summed E-state index contributed by atoms with van der Waals surface area (Å²) >= 11 is 12.2. The van der Waals surface area contributed by atoms with Gasteiger partial charge in [0.15, 0.2) is 5.78 Å². The van der Waals surface area contributed by atoms with Crippen molar-refractivity contribution >= 4 is 29.0 Å². The molecule has 2 aromatic carbocycles. The van der Waals surface area contributed by atoms with Crippen LogP contribution in [0.25, 0.3) is 0 Å². The first-order valence-electron chi connectivity index (χ1n) is 6.41. The van der Waals surface area contributed by atoms with Gasteiger partial charge in [0.1, 0.15) is 17.6 Å². The molecule has 0 aliphatic carbocycles. The second-order valence-electron chi connectivity index (χ2n) is 4.76. The molecule has 3 rings (SSSR count). The van der Waals surface area contributed by atoms with Crippen LogP contribution in [-0.4, -0.2) is 12.9 Å². The zero-order valence-electron chi connectivity index (χ0n) is 11.2. The Balaban J connectivity index is 2.01. The van der Waals surface area contributed by atoms with Gasteiger partial charge in [-0.15, -0.1) is 0 Å². The number of hydrogen-bond acceptors (Lipinski definition) is 3. The zero-order chi connectivity index (χ0) is 15.0. The van der Waals surface area contributed by atoms with Gasteiger partial charge in [-0.3, -0.25) is 4.79 Å². The van der Waals surface area contributed by atoms with Crippen molar-refractivity contribution in [3.63, 3.8) is 0 Å². The minimum atomic E-state index is -0.441. The SMILES string of the molecule is COc1ccc2c(c1)OC(c1cc(Cl)ccc1Cl)CC2=O. The molecule has 1 heterocycles. The fourth-order valence-electron chi connectivity index (χ4n) is 2.37. The summed E-state index contributed by atoms with van der Waals surface area (Å²) in [6.07, 6.45) is -0.206. The van der Waals surface area contributed by atoms with Crippen molar-refractivity contribution in [1.82, 2.24) is 0 Å². The first-order valence-corrected chi connectivity index (χ1v) is 7.17. The van der Waals surface area contributed by atoms with Gasteiger partial charge in [0, 0.05) is 21.7 Å². The Kier molecular flexibility index (Phi) is 3.79. The molecule has 0 bridgehead atoms. The van der Waals surface area contributed by atoms with Crippen LogP contribution in [0.2, 0.25) is 10.0 Å². The van der Waals surface area contributed by atoms with Crippen LogP contribution in [0.4, 0.5) is 0 Å². The highest BCUT2D eigenvalue weighted by atomic mass is 35.5. The first kappa shape index (κ1) is 14.2. The van der Waals surface area contributed by atoms with Crippen LogP contribution in [0.3, 0.4) is 0 Å². The summed E-state index contributed by atoms with van der Waals surface area (Å²) in [6, 6.07) is 10.3. The maximum absolute atomic E-state index is 12.3. The number of ether oxygens (including phenoxy) is 2. The van der Waals surface area contributed by atoms with Crippen LogP contribution in [0.5, 0.6) is 11.5 Å². The molecule has 1 unspecified atom stereocenters. The summed E-state index contributed by atoms with van der Waals surface area (Å²) in [4.78, 5) is 12.3. The highest BCUT2D eigenvalue weighted by Crippen LogP contribution is 2.39. The van der Waals surface area contributed by atoms with E-state index in [2.05, 4.69) is 0 Å². The van der Waals surface area contributed by atoms with Gasteiger partial charge in [0.25, 0.3) is 0 Å². The molecule has 0 spiro atoms. The number of ketones is 1. The lowest BCUT2D eigenvalue weighted by Gasteiger charge is -2.26. The Morgan fingerprint density at radius 1 is 1.19 bits per heavy atom. The van der Waals surface area contributed by atoms with Crippen LogP contribution in [0, 0.1) is 0 Å². The number of carbonyl (C=O) groups excluding carboxylic acids is 1. The molecule has 0 aromatic heterocycles. The molecule has 3 nitrogen and oxygen atoms in total. The lowest BCUT2D eigenvalue weighted by Crippen LogP contribution is -2.20. The number of methoxy groups -OCH3 is 1. The van der Waals surface area contributed by atoms with Gasteiger partial charge in [-0.05, 0) is 30.3 Å². The summed E-state index contributed by atoms with van der Waals surface area (Å²) in [5.41, 5.74) is 1.27. The Morgan fingerprint density at radius 2 is 2.00 bits per heavy atom. The fraction of sp³-hybridized carbons (Fsp3) is 0.188. The lowest BCUT2D eigenvalue weighted by atomic mass is 9.96. The van der Waals surface area contributed by atoms with Crippen LogP contribution >= 0.6 is 23.2 Å². The van der Waals surface area contributed by atoms with E-state index in [1.54, 1.807) is 43.5 Å². The number of hydrogen-bond donors (Lipinski definition) is 0. The quantitative estimate of drug-likeness (QED) is 0.803. The number of Topliss-reactive ketones (excluding diaryl/α,β-unsaturated/α-hetero) is 1. The summed E-state index contributed by atoms with van der Waals surface area (Å²) in [7, 11) is 1.57. The van der Waals surface area contributed by atoms with E-state index in [0.29, 0.717) is 32.7 Å². The summed E-state index contributed by atoms with van der Waals surface area (Å²) in [5, 5.41) is 1.09. The van der Waals surface area contributed by atoms with Gasteiger partial charge in [0.05, 0.1) is 19.1 Å². The highest BCUT2D eigenvalue weighted by Gasteiger charge is 2.29. The van der Waals surface area contributed by atoms with Crippen molar-refractivity contribution < 1.29 is 14.3 Å². The monoisotopic (exact) mass is 322 g/mol. The van der Waals surface area contributed by atoms with Crippen molar-refractivity contribution in [2.75, 3.05) is 7.11 Å². The maximum atomic E-state index is 12.3. The van der Waals surface area contributed by atoms with Crippen molar-refractivity contribution in [3.8, 4) is 11.5 Å². The Morgan fingerprint density at radius 3 is 2.76 bits per heavy atom. The van der Waals surface area contributed by atoms with Gasteiger partial charge >= 0.3 is 0 Å². The average Bonchev–Trinajstić information content (AvgIpc) is 2.49. The maximum Gasteiger partial charge on any atom is 0.170 e. The Bertz CT molecular complexity index is 713. The molecular weight excluding hydrogens is 311 g/mol. The molecule has 0 saturated carbocycles. The third-order valence-electron chi connectivity index (χ3n) is 3.43. The molecule has 0 saturated heterocycles. The third kappa shape index (κ3) is 2.71. The van der Waals surface area contributed by atoms with E-state index in [1.807, 2.05) is 0 Å². The van der Waals surface area contributed by atoms with Gasteiger partial charge < -0.3 is 9.47 Å². The molecule has 2 aromatic rings. The Hall–Kier alpha value is -1.71. The van der Waals surface area contributed by atoms with Gasteiger partial charge in [-0.1, -0.05) is 23.2 Å². The number of benzene rings is 2. The predicted molar refractivity (Wildman–Crippen MR) is 81.8 cm³/mol. The fourth-order valence-corrected chi connectivity index (χ4v) is 2.79. The number of fused-ring (bicyclic) bond motifs is 1. The number of halogens is 2. The molecule has 5 heteroatoms. The second kappa shape index (κ2) is 5.58. The average molecular weight is 323 g/mol. The van der Waals surface area contributed by atoms with Crippen molar-refractivity contribution in [2.24, 2.45) is 0 Å². The van der Waals surface area contributed by atoms with Gasteiger partial charge in [-0.2, -0.15) is 0 Å². The molecule has 108 valence electrons. The predicted octanol–water partition coefficient (Wildman–Crippen LogP) is 4.71. The molecule has 0 amide bonds. The zero-order valence-corrected chi connectivity index (χ0v) is 12.7. The molecule has 0 N–H and O–H groups in total. The van der Waals surface area contributed by atoms with E-state index in [1.165, 1.54) is 0 Å². The van der Waals surface area contributed by atoms with E-state index >= 15 is 0 Å². The molecule has 0 radical (unpaired) electrons.